The summed E-state index contributed by atoms with van der Waals surface area (Å²) in [5, 5.41) is 4.17. The molecule has 2 heterocycles. The first-order valence-corrected chi connectivity index (χ1v) is 12.9. The van der Waals surface area contributed by atoms with E-state index >= 15 is 0 Å². The van der Waals surface area contributed by atoms with Crippen LogP contribution in [0.25, 0.3) is 21.7 Å². The summed E-state index contributed by atoms with van der Waals surface area (Å²) < 4.78 is 14.1. The third-order valence-corrected chi connectivity index (χ3v) is 7.44. The Morgan fingerprint density at radius 1 is 0.771 bits per heavy atom. The van der Waals surface area contributed by atoms with Gasteiger partial charge < -0.3 is 18.9 Å². The number of hydrogen-bond donors (Lipinski definition) is 0. The lowest BCUT2D eigenvalue weighted by molar-refractivity contribution is 0.115. The van der Waals surface area contributed by atoms with E-state index in [4.69, 9.17) is 21.1 Å². The van der Waals surface area contributed by atoms with Gasteiger partial charge in [0.1, 0.15) is 18.1 Å². The molecule has 5 nitrogen and oxygen atoms in total. The van der Waals surface area contributed by atoms with Gasteiger partial charge in [-0.1, -0.05) is 48.0 Å². The molecule has 1 aliphatic heterocycles. The highest BCUT2D eigenvalue weighted by Crippen LogP contribution is 2.31. The third kappa shape index (κ3) is 5.27. The van der Waals surface area contributed by atoms with Gasteiger partial charge in [0.25, 0.3) is 0 Å². The Labute approximate surface area is 212 Å². The molecule has 0 radical (unpaired) electrons. The molecule has 0 unspecified atom stereocenters. The zero-order chi connectivity index (χ0) is 24.2. The van der Waals surface area contributed by atoms with Gasteiger partial charge in [-0.25, -0.2) is 0 Å². The van der Waals surface area contributed by atoms with E-state index in [1.165, 1.54) is 16.5 Å². The van der Waals surface area contributed by atoms with Crippen LogP contribution in [-0.2, 0) is 6.54 Å². The highest BCUT2D eigenvalue weighted by Gasteiger charge is 2.17. The third-order valence-electron chi connectivity index (χ3n) is 7.11. The Bertz CT molecular complexity index is 1290. The normalized spacial score (nSPS) is 15.2. The van der Waals surface area contributed by atoms with Crippen molar-refractivity contribution in [3.05, 3.63) is 71.4 Å². The molecule has 0 amide bonds. The van der Waals surface area contributed by atoms with Crippen LogP contribution in [0, 0.1) is 6.92 Å². The molecule has 0 aliphatic carbocycles. The first-order chi connectivity index (χ1) is 17.1. The number of ether oxygens (including phenoxy) is 2. The Hall–Kier alpha value is -2.73. The van der Waals surface area contributed by atoms with Gasteiger partial charge in [0.2, 0.25) is 0 Å². The second-order valence-corrected chi connectivity index (χ2v) is 9.75. The van der Waals surface area contributed by atoms with E-state index in [0.29, 0.717) is 6.61 Å². The molecule has 0 N–H and O–H groups in total. The standard InChI is InChI=1S/C29H34ClN3O2/c1-22-21-33(29-23(22)9-5-10-28(29)34-2)14-6-13-31-15-17-32(18-16-31)19-20-35-27-12-11-26(30)24-7-3-4-8-25(24)27/h3-5,7-12,21H,6,13-20H2,1-2H3. The van der Waals surface area contributed by atoms with E-state index in [1.807, 2.05) is 30.3 Å². The van der Waals surface area contributed by atoms with E-state index < -0.39 is 0 Å². The van der Waals surface area contributed by atoms with Crippen LogP contribution in [-0.4, -0.2) is 67.4 Å². The second kappa shape index (κ2) is 10.9. The Kier molecular flexibility index (Phi) is 7.47. The predicted octanol–water partition coefficient (Wildman–Crippen LogP) is 5.85. The van der Waals surface area contributed by atoms with Crippen molar-refractivity contribution in [2.24, 2.45) is 0 Å². The van der Waals surface area contributed by atoms with Crippen LogP contribution >= 0.6 is 11.6 Å². The largest absolute Gasteiger partial charge is 0.495 e. The number of halogens is 1. The number of fused-ring (bicyclic) bond motifs is 2. The average molecular weight is 492 g/mol. The molecule has 0 atom stereocenters. The highest BCUT2D eigenvalue weighted by atomic mass is 35.5. The van der Waals surface area contributed by atoms with Gasteiger partial charge in [-0.3, -0.25) is 4.90 Å². The topological polar surface area (TPSA) is 29.9 Å². The number of piperazine rings is 1. The molecule has 35 heavy (non-hydrogen) atoms. The molecular weight excluding hydrogens is 458 g/mol. The Morgan fingerprint density at radius 3 is 2.26 bits per heavy atom. The number of nitrogens with zero attached hydrogens (tertiary/aromatic N) is 3. The fourth-order valence-corrected chi connectivity index (χ4v) is 5.42. The Morgan fingerprint density at radius 2 is 1.49 bits per heavy atom. The predicted molar refractivity (Wildman–Crippen MR) is 145 cm³/mol. The molecule has 5 rings (SSSR count). The minimum atomic E-state index is 0.688. The minimum absolute atomic E-state index is 0.688. The van der Waals surface area contributed by atoms with Crippen LogP contribution in [0.4, 0.5) is 0 Å². The second-order valence-electron chi connectivity index (χ2n) is 9.34. The van der Waals surface area contributed by atoms with E-state index in [0.717, 1.165) is 79.5 Å². The number of aromatic nitrogens is 1. The maximum Gasteiger partial charge on any atom is 0.143 e. The molecule has 0 bridgehead atoms. The Balaban J connectivity index is 1.07. The van der Waals surface area contributed by atoms with Crippen molar-refractivity contribution >= 4 is 33.3 Å². The maximum absolute atomic E-state index is 6.33. The number of hydrogen-bond acceptors (Lipinski definition) is 4. The summed E-state index contributed by atoms with van der Waals surface area (Å²) in [5.41, 5.74) is 2.52. The van der Waals surface area contributed by atoms with Gasteiger partial charge in [0.15, 0.2) is 0 Å². The molecule has 184 valence electrons. The molecule has 1 saturated heterocycles. The van der Waals surface area contributed by atoms with Crippen LogP contribution in [0.2, 0.25) is 5.02 Å². The number of aryl methyl sites for hydroxylation is 2. The lowest BCUT2D eigenvalue weighted by Crippen LogP contribution is -2.47. The van der Waals surface area contributed by atoms with Crippen molar-refractivity contribution in [1.82, 2.24) is 14.4 Å². The fourth-order valence-electron chi connectivity index (χ4n) is 5.19. The maximum atomic E-state index is 6.33. The van der Waals surface area contributed by atoms with Crippen molar-refractivity contribution in [3.8, 4) is 11.5 Å². The molecule has 1 aromatic heterocycles. The van der Waals surface area contributed by atoms with Gasteiger partial charge in [-0.2, -0.15) is 0 Å². The highest BCUT2D eigenvalue weighted by molar-refractivity contribution is 6.35. The molecule has 1 aliphatic rings. The van der Waals surface area contributed by atoms with Crippen molar-refractivity contribution in [1.29, 1.82) is 0 Å². The molecule has 0 saturated carbocycles. The summed E-state index contributed by atoms with van der Waals surface area (Å²) in [7, 11) is 1.75. The first-order valence-electron chi connectivity index (χ1n) is 12.5. The van der Waals surface area contributed by atoms with Gasteiger partial charge >= 0.3 is 0 Å². The van der Waals surface area contributed by atoms with Crippen molar-refractivity contribution in [2.75, 3.05) is 53.0 Å². The summed E-state index contributed by atoms with van der Waals surface area (Å²) in [6, 6.07) is 18.4. The minimum Gasteiger partial charge on any atom is -0.495 e. The molecule has 0 spiro atoms. The zero-order valence-corrected chi connectivity index (χ0v) is 21.4. The van der Waals surface area contributed by atoms with Crippen LogP contribution in [0.3, 0.4) is 0 Å². The summed E-state index contributed by atoms with van der Waals surface area (Å²) in [6.45, 7) is 10.3. The van der Waals surface area contributed by atoms with Crippen LogP contribution < -0.4 is 9.47 Å². The van der Waals surface area contributed by atoms with E-state index in [1.54, 1.807) is 7.11 Å². The van der Waals surface area contributed by atoms with Gasteiger partial charge in [-0.05, 0) is 43.7 Å². The van der Waals surface area contributed by atoms with Crippen molar-refractivity contribution in [2.45, 2.75) is 19.9 Å². The van der Waals surface area contributed by atoms with Gasteiger partial charge in [0.05, 0.1) is 12.6 Å². The fraction of sp³-hybridized carbons (Fsp3) is 0.379. The molecular formula is C29H34ClN3O2. The van der Waals surface area contributed by atoms with Crippen LogP contribution in [0.15, 0.2) is 60.8 Å². The molecule has 1 fully saturated rings. The van der Waals surface area contributed by atoms with Gasteiger partial charge in [0, 0.05) is 66.6 Å². The van der Waals surface area contributed by atoms with Gasteiger partial charge in [-0.15, -0.1) is 0 Å². The van der Waals surface area contributed by atoms with Crippen LogP contribution in [0.1, 0.15) is 12.0 Å². The number of benzene rings is 3. The van der Waals surface area contributed by atoms with E-state index in [2.05, 4.69) is 51.8 Å². The summed E-state index contributed by atoms with van der Waals surface area (Å²) >= 11 is 6.33. The molecule has 3 aromatic carbocycles. The number of rotatable bonds is 9. The first kappa shape index (κ1) is 24.0. The summed E-state index contributed by atoms with van der Waals surface area (Å²) in [4.78, 5) is 5.09. The van der Waals surface area contributed by atoms with E-state index in [-0.39, 0.29) is 0 Å². The lowest BCUT2D eigenvalue weighted by Gasteiger charge is -2.34. The van der Waals surface area contributed by atoms with Crippen molar-refractivity contribution < 1.29 is 9.47 Å². The number of methoxy groups -OCH3 is 1. The lowest BCUT2D eigenvalue weighted by atomic mass is 10.1. The summed E-state index contributed by atoms with van der Waals surface area (Å²) in [6.07, 6.45) is 3.39. The number of para-hydroxylation sites is 1. The van der Waals surface area contributed by atoms with E-state index in [9.17, 15) is 0 Å². The summed E-state index contributed by atoms with van der Waals surface area (Å²) in [5.74, 6) is 1.87. The molecule has 4 aromatic rings. The monoisotopic (exact) mass is 491 g/mol. The average Bonchev–Trinajstić information content (AvgIpc) is 3.22. The van der Waals surface area contributed by atoms with Crippen LogP contribution in [0.5, 0.6) is 11.5 Å². The quantitative estimate of drug-likeness (QED) is 0.293. The smallest absolute Gasteiger partial charge is 0.143 e. The van der Waals surface area contributed by atoms with Crippen molar-refractivity contribution in [3.63, 3.8) is 0 Å². The zero-order valence-electron chi connectivity index (χ0n) is 20.7. The SMILES string of the molecule is COc1cccc2c(C)cn(CCCN3CCN(CCOc4ccc(Cl)c5ccccc45)CC3)c12. The molecule has 6 heteroatoms.